The van der Waals surface area contributed by atoms with Gasteiger partial charge in [-0.05, 0) is 18.6 Å². The van der Waals surface area contributed by atoms with Crippen LogP contribution in [0.15, 0.2) is 23.6 Å². The van der Waals surface area contributed by atoms with E-state index >= 15 is 0 Å². The van der Waals surface area contributed by atoms with Gasteiger partial charge in [-0.1, -0.05) is 6.92 Å². The van der Waals surface area contributed by atoms with Crippen molar-refractivity contribution in [2.24, 2.45) is 0 Å². The number of carbonyl (C=O) groups is 2. The van der Waals surface area contributed by atoms with Crippen LogP contribution in [0.2, 0.25) is 0 Å². The highest BCUT2D eigenvalue weighted by atomic mass is 32.1. The second-order valence-corrected chi connectivity index (χ2v) is 6.09. The van der Waals surface area contributed by atoms with Crippen molar-refractivity contribution in [1.29, 1.82) is 0 Å². The van der Waals surface area contributed by atoms with E-state index in [0.29, 0.717) is 41.6 Å². The fourth-order valence-corrected chi connectivity index (χ4v) is 2.82. The SMILES string of the molecule is CCCOc1cc(OC)ccc1C(=O)NCCc1nc(C(=O)O)cs1. The average molecular weight is 364 g/mol. The summed E-state index contributed by atoms with van der Waals surface area (Å²) in [4.78, 5) is 27.2. The van der Waals surface area contributed by atoms with Crippen molar-refractivity contribution in [3.05, 3.63) is 39.8 Å². The number of nitrogens with zero attached hydrogens (tertiary/aromatic N) is 1. The predicted octanol–water partition coefficient (Wildman–Crippen LogP) is 2.61. The van der Waals surface area contributed by atoms with E-state index in [1.165, 1.54) is 16.7 Å². The van der Waals surface area contributed by atoms with Gasteiger partial charge in [0.15, 0.2) is 5.69 Å². The third kappa shape index (κ3) is 5.18. The molecule has 0 unspecified atom stereocenters. The monoisotopic (exact) mass is 364 g/mol. The first-order valence-corrected chi connectivity index (χ1v) is 8.69. The van der Waals surface area contributed by atoms with Crippen molar-refractivity contribution >= 4 is 23.2 Å². The molecule has 25 heavy (non-hydrogen) atoms. The second-order valence-electron chi connectivity index (χ2n) is 5.15. The lowest BCUT2D eigenvalue weighted by molar-refractivity contribution is 0.0690. The Morgan fingerprint density at radius 2 is 2.16 bits per heavy atom. The summed E-state index contributed by atoms with van der Waals surface area (Å²) < 4.78 is 10.8. The average Bonchev–Trinajstić information content (AvgIpc) is 3.08. The zero-order valence-electron chi connectivity index (χ0n) is 14.1. The van der Waals surface area contributed by atoms with E-state index in [1.807, 2.05) is 6.92 Å². The van der Waals surface area contributed by atoms with E-state index in [0.717, 1.165) is 6.42 Å². The van der Waals surface area contributed by atoms with Gasteiger partial charge in [0.25, 0.3) is 5.91 Å². The maximum absolute atomic E-state index is 12.4. The molecular formula is C17H20N2O5S. The molecule has 2 rings (SSSR count). The van der Waals surface area contributed by atoms with E-state index in [1.54, 1.807) is 25.3 Å². The van der Waals surface area contributed by atoms with Gasteiger partial charge in [0, 0.05) is 24.4 Å². The molecule has 1 aromatic carbocycles. The minimum atomic E-state index is -1.05. The Balaban J connectivity index is 1.98. The summed E-state index contributed by atoms with van der Waals surface area (Å²) in [6.07, 6.45) is 1.29. The van der Waals surface area contributed by atoms with Crippen molar-refractivity contribution in [2.45, 2.75) is 19.8 Å². The molecule has 0 aliphatic rings. The number of hydrogen-bond acceptors (Lipinski definition) is 6. The van der Waals surface area contributed by atoms with Crippen LogP contribution < -0.4 is 14.8 Å². The Morgan fingerprint density at radius 1 is 1.36 bits per heavy atom. The summed E-state index contributed by atoms with van der Waals surface area (Å²) in [7, 11) is 1.55. The first-order valence-electron chi connectivity index (χ1n) is 7.81. The molecule has 1 amide bonds. The van der Waals surface area contributed by atoms with Crippen LogP contribution >= 0.6 is 11.3 Å². The Labute approximate surface area is 149 Å². The lowest BCUT2D eigenvalue weighted by Gasteiger charge is -2.12. The number of aromatic nitrogens is 1. The second kappa shape index (κ2) is 9.03. The van der Waals surface area contributed by atoms with E-state index in [2.05, 4.69) is 10.3 Å². The smallest absolute Gasteiger partial charge is 0.355 e. The van der Waals surface area contributed by atoms with Gasteiger partial charge in [0.1, 0.15) is 11.5 Å². The molecule has 0 aliphatic heterocycles. The molecule has 0 bridgehead atoms. The molecule has 0 aliphatic carbocycles. The number of methoxy groups -OCH3 is 1. The van der Waals surface area contributed by atoms with Crippen molar-refractivity contribution in [3.8, 4) is 11.5 Å². The van der Waals surface area contributed by atoms with E-state index in [4.69, 9.17) is 14.6 Å². The number of hydrogen-bond donors (Lipinski definition) is 2. The summed E-state index contributed by atoms with van der Waals surface area (Å²) in [6.45, 7) is 2.84. The van der Waals surface area contributed by atoms with Crippen molar-refractivity contribution in [1.82, 2.24) is 10.3 Å². The first kappa shape index (κ1) is 18.7. The number of carboxylic acids is 1. The largest absolute Gasteiger partial charge is 0.497 e. The molecule has 0 saturated heterocycles. The molecule has 8 heteroatoms. The van der Waals surface area contributed by atoms with Gasteiger partial charge < -0.3 is 19.9 Å². The van der Waals surface area contributed by atoms with Crippen molar-refractivity contribution in [3.63, 3.8) is 0 Å². The van der Waals surface area contributed by atoms with Crippen LogP contribution in [0.3, 0.4) is 0 Å². The Hall–Kier alpha value is -2.61. The van der Waals surface area contributed by atoms with E-state index < -0.39 is 5.97 Å². The van der Waals surface area contributed by atoms with Gasteiger partial charge in [-0.25, -0.2) is 9.78 Å². The van der Waals surface area contributed by atoms with Crippen LogP contribution in [0.5, 0.6) is 11.5 Å². The zero-order chi connectivity index (χ0) is 18.2. The van der Waals surface area contributed by atoms with Crippen LogP contribution in [0, 0.1) is 0 Å². The predicted molar refractivity (Wildman–Crippen MR) is 93.9 cm³/mol. The Morgan fingerprint density at radius 3 is 2.80 bits per heavy atom. The van der Waals surface area contributed by atoms with E-state index in [9.17, 15) is 9.59 Å². The van der Waals surface area contributed by atoms with Gasteiger partial charge in [-0.3, -0.25) is 4.79 Å². The Bertz CT molecular complexity index is 744. The highest BCUT2D eigenvalue weighted by Crippen LogP contribution is 2.25. The molecule has 1 aromatic heterocycles. The topological polar surface area (TPSA) is 97.8 Å². The lowest BCUT2D eigenvalue weighted by atomic mass is 10.1. The number of rotatable bonds is 9. The van der Waals surface area contributed by atoms with Gasteiger partial charge in [-0.15, -0.1) is 11.3 Å². The van der Waals surface area contributed by atoms with Gasteiger partial charge in [0.05, 0.1) is 24.3 Å². The van der Waals surface area contributed by atoms with Gasteiger partial charge in [-0.2, -0.15) is 0 Å². The van der Waals surface area contributed by atoms with Crippen LogP contribution in [0.4, 0.5) is 0 Å². The quantitative estimate of drug-likeness (QED) is 0.710. The maximum atomic E-state index is 12.4. The molecule has 2 aromatic rings. The molecule has 2 N–H and O–H groups in total. The number of thiazole rings is 1. The molecular weight excluding hydrogens is 344 g/mol. The molecule has 0 saturated carbocycles. The minimum absolute atomic E-state index is 0.0248. The number of ether oxygens (including phenoxy) is 2. The van der Waals surface area contributed by atoms with Crippen LogP contribution in [-0.4, -0.2) is 42.2 Å². The zero-order valence-corrected chi connectivity index (χ0v) is 14.9. The van der Waals surface area contributed by atoms with Crippen LogP contribution in [-0.2, 0) is 6.42 Å². The van der Waals surface area contributed by atoms with Gasteiger partial charge >= 0.3 is 5.97 Å². The fourth-order valence-electron chi connectivity index (χ4n) is 2.05. The fraction of sp³-hybridized carbons (Fsp3) is 0.353. The van der Waals surface area contributed by atoms with Gasteiger partial charge in [0.2, 0.25) is 0 Å². The molecule has 0 radical (unpaired) electrons. The van der Waals surface area contributed by atoms with Crippen LogP contribution in [0.25, 0.3) is 0 Å². The third-order valence-corrected chi connectivity index (χ3v) is 4.20. The molecule has 0 spiro atoms. The summed E-state index contributed by atoms with van der Waals surface area (Å²) in [6, 6.07) is 5.04. The Kier molecular flexibility index (Phi) is 6.76. The number of benzene rings is 1. The number of carbonyl (C=O) groups excluding carboxylic acids is 1. The standard InChI is InChI=1S/C17H20N2O5S/c1-3-8-24-14-9-11(23-2)4-5-12(14)16(20)18-7-6-15-19-13(10-25-15)17(21)22/h4-5,9-10H,3,6-8H2,1-2H3,(H,18,20)(H,21,22). The van der Waals surface area contributed by atoms with Crippen molar-refractivity contribution in [2.75, 3.05) is 20.3 Å². The number of nitrogens with one attached hydrogen (secondary N) is 1. The number of carboxylic acid groups (broad SMARTS) is 1. The normalized spacial score (nSPS) is 10.3. The number of aromatic carboxylic acids is 1. The van der Waals surface area contributed by atoms with Crippen molar-refractivity contribution < 1.29 is 24.2 Å². The molecule has 0 atom stereocenters. The summed E-state index contributed by atoms with van der Waals surface area (Å²) in [5.74, 6) is -0.223. The number of amides is 1. The molecule has 7 nitrogen and oxygen atoms in total. The molecule has 0 fully saturated rings. The minimum Gasteiger partial charge on any atom is -0.497 e. The summed E-state index contributed by atoms with van der Waals surface area (Å²) in [5.41, 5.74) is 0.455. The summed E-state index contributed by atoms with van der Waals surface area (Å²) >= 11 is 1.26. The maximum Gasteiger partial charge on any atom is 0.355 e. The highest BCUT2D eigenvalue weighted by Gasteiger charge is 2.14. The van der Waals surface area contributed by atoms with Crippen LogP contribution in [0.1, 0.15) is 39.2 Å². The highest BCUT2D eigenvalue weighted by molar-refractivity contribution is 7.09. The van der Waals surface area contributed by atoms with E-state index in [-0.39, 0.29) is 11.6 Å². The first-order chi connectivity index (χ1) is 12.0. The molecule has 1 heterocycles. The lowest BCUT2D eigenvalue weighted by Crippen LogP contribution is -2.26. The molecule has 134 valence electrons. The summed E-state index contributed by atoms with van der Waals surface area (Å²) in [5, 5.41) is 13.8. The third-order valence-electron chi connectivity index (χ3n) is 3.29.